The maximum atomic E-state index is 12.2. The van der Waals surface area contributed by atoms with E-state index < -0.39 is 5.60 Å². The zero-order valence-corrected chi connectivity index (χ0v) is 13.6. The van der Waals surface area contributed by atoms with Gasteiger partial charge < -0.3 is 14.5 Å². The Morgan fingerprint density at radius 3 is 2.30 bits per heavy atom. The molecule has 2 atom stereocenters. The summed E-state index contributed by atoms with van der Waals surface area (Å²) in [6, 6.07) is 0.765. The van der Waals surface area contributed by atoms with Gasteiger partial charge in [0.1, 0.15) is 5.60 Å². The normalized spacial score (nSPS) is 29.8. The van der Waals surface area contributed by atoms with Crippen LogP contribution in [0.1, 0.15) is 34.1 Å². The highest BCUT2D eigenvalue weighted by Gasteiger charge is 2.38. The monoisotopic (exact) mass is 283 g/mol. The SMILES string of the molecule is C[C@H]1C[C@H](N2CCN(C)CC2)CN1C(=O)OC(C)(C)C. The van der Waals surface area contributed by atoms with Crippen molar-refractivity contribution in [3.8, 4) is 0 Å². The van der Waals surface area contributed by atoms with E-state index in [1.165, 1.54) is 0 Å². The lowest BCUT2D eigenvalue weighted by Gasteiger charge is -2.36. The number of rotatable bonds is 1. The van der Waals surface area contributed by atoms with Gasteiger partial charge in [0.2, 0.25) is 0 Å². The minimum Gasteiger partial charge on any atom is -0.444 e. The van der Waals surface area contributed by atoms with Gasteiger partial charge in [-0.05, 0) is 41.2 Å². The molecule has 0 unspecified atom stereocenters. The van der Waals surface area contributed by atoms with E-state index in [-0.39, 0.29) is 12.1 Å². The standard InChI is InChI=1S/C15H29N3O2/c1-12-10-13(17-8-6-16(5)7-9-17)11-18(12)14(19)20-15(2,3)4/h12-13H,6-11H2,1-5H3/t12-,13-/m0/s1. The van der Waals surface area contributed by atoms with Crippen LogP contribution >= 0.6 is 0 Å². The molecule has 2 heterocycles. The number of ether oxygens (including phenoxy) is 1. The molecule has 0 saturated carbocycles. The molecular formula is C15H29N3O2. The molecule has 0 aliphatic carbocycles. The van der Waals surface area contributed by atoms with Crippen LogP contribution in [0.2, 0.25) is 0 Å². The quantitative estimate of drug-likeness (QED) is 0.733. The molecule has 5 nitrogen and oxygen atoms in total. The van der Waals surface area contributed by atoms with Gasteiger partial charge in [-0.2, -0.15) is 0 Å². The maximum Gasteiger partial charge on any atom is 0.410 e. The van der Waals surface area contributed by atoms with E-state index in [2.05, 4.69) is 23.8 Å². The fourth-order valence-electron chi connectivity index (χ4n) is 3.03. The molecule has 5 heteroatoms. The highest BCUT2D eigenvalue weighted by atomic mass is 16.6. The summed E-state index contributed by atoms with van der Waals surface area (Å²) in [5.74, 6) is 0. The molecule has 0 aromatic heterocycles. The number of carbonyl (C=O) groups excluding carboxylic acids is 1. The Morgan fingerprint density at radius 1 is 1.15 bits per heavy atom. The minimum absolute atomic E-state index is 0.165. The lowest BCUT2D eigenvalue weighted by molar-refractivity contribution is 0.0222. The average molecular weight is 283 g/mol. The summed E-state index contributed by atoms with van der Waals surface area (Å²) in [5, 5.41) is 0. The van der Waals surface area contributed by atoms with Crippen LogP contribution in [0.4, 0.5) is 4.79 Å². The Morgan fingerprint density at radius 2 is 1.75 bits per heavy atom. The van der Waals surface area contributed by atoms with Gasteiger partial charge >= 0.3 is 6.09 Å². The summed E-state index contributed by atoms with van der Waals surface area (Å²) in [6.45, 7) is 13.2. The Balaban J connectivity index is 1.90. The van der Waals surface area contributed by atoms with Gasteiger partial charge in [0.05, 0.1) is 0 Å². The van der Waals surface area contributed by atoms with Crippen LogP contribution in [-0.4, -0.2) is 78.2 Å². The van der Waals surface area contributed by atoms with E-state index >= 15 is 0 Å². The fraction of sp³-hybridized carbons (Fsp3) is 0.933. The molecule has 0 bridgehead atoms. The van der Waals surface area contributed by atoms with Crippen molar-refractivity contribution in [2.45, 2.75) is 51.8 Å². The molecule has 2 aliphatic heterocycles. The minimum atomic E-state index is -0.414. The Bertz CT molecular complexity index is 346. The van der Waals surface area contributed by atoms with Crippen molar-refractivity contribution in [2.24, 2.45) is 0 Å². The van der Waals surface area contributed by atoms with Crippen molar-refractivity contribution in [1.29, 1.82) is 0 Å². The number of piperazine rings is 1. The number of amides is 1. The number of likely N-dealkylation sites (N-methyl/N-ethyl adjacent to an activating group) is 1. The third-order valence-corrected chi connectivity index (χ3v) is 4.23. The van der Waals surface area contributed by atoms with E-state index in [1.54, 1.807) is 0 Å². The zero-order chi connectivity index (χ0) is 14.9. The molecule has 0 aromatic carbocycles. The first kappa shape index (κ1) is 15.6. The predicted molar refractivity (Wildman–Crippen MR) is 79.9 cm³/mol. The molecule has 2 saturated heterocycles. The topological polar surface area (TPSA) is 36.0 Å². The van der Waals surface area contributed by atoms with Crippen molar-refractivity contribution in [3.05, 3.63) is 0 Å². The molecule has 1 amide bonds. The maximum absolute atomic E-state index is 12.2. The third kappa shape index (κ3) is 3.85. The number of hydrogen-bond donors (Lipinski definition) is 0. The van der Waals surface area contributed by atoms with Gasteiger partial charge in [-0.1, -0.05) is 0 Å². The van der Waals surface area contributed by atoms with Gasteiger partial charge in [-0.15, -0.1) is 0 Å². The van der Waals surface area contributed by atoms with Crippen molar-refractivity contribution in [2.75, 3.05) is 39.8 Å². The van der Waals surface area contributed by atoms with Crippen LogP contribution in [0.15, 0.2) is 0 Å². The number of hydrogen-bond acceptors (Lipinski definition) is 4. The number of carbonyl (C=O) groups is 1. The second-order valence-electron chi connectivity index (χ2n) is 7.21. The van der Waals surface area contributed by atoms with Crippen LogP contribution < -0.4 is 0 Å². The molecule has 0 aromatic rings. The summed E-state index contributed by atoms with van der Waals surface area (Å²) < 4.78 is 5.51. The van der Waals surface area contributed by atoms with Gasteiger partial charge in [0, 0.05) is 44.8 Å². The van der Waals surface area contributed by atoms with Crippen LogP contribution in [0.5, 0.6) is 0 Å². The second-order valence-corrected chi connectivity index (χ2v) is 7.21. The molecule has 0 spiro atoms. The third-order valence-electron chi connectivity index (χ3n) is 4.23. The van der Waals surface area contributed by atoms with E-state index in [4.69, 9.17) is 4.74 Å². The summed E-state index contributed by atoms with van der Waals surface area (Å²) in [7, 11) is 2.17. The number of likely N-dealkylation sites (tertiary alicyclic amines) is 1. The molecule has 20 heavy (non-hydrogen) atoms. The summed E-state index contributed by atoms with van der Waals surface area (Å²) >= 11 is 0. The van der Waals surface area contributed by atoms with Crippen LogP contribution in [0, 0.1) is 0 Å². The first-order valence-corrected chi connectivity index (χ1v) is 7.68. The van der Waals surface area contributed by atoms with Gasteiger partial charge in [-0.3, -0.25) is 4.90 Å². The predicted octanol–water partition coefficient (Wildman–Crippen LogP) is 1.63. The van der Waals surface area contributed by atoms with E-state index in [0.29, 0.717) is 6.04 Å². The first-order valence-electron chi connectivity index (χ1n) is 7.68. The second kappa shape index (κ2) is 5.90. The molecule has 0 radical (unpaired) electrons. The van der Waals surface area contributed by atoms with Crippen molar-refractivity contribution in [1.82, 2.24) is 14.7 Å². The summed E-state index contributed by atoms with van der Waals surface area (Å²) in [4.78, 5) is 19.0. The van der Waals surface area contributed by atoms with Gasteiger partial charge in [0.25, 0.3) is 0 Å². The molecule has 2 rings (SSSR count). The number of nitrogens with zero attached hydrogens (tertiary/aromatic N) is 3. The fourth-order valence-corrected chi connectivity index (χ4v) is 3.03. The summed E-state index contributed by atoms with van der Waals surface area (Å²) in [5.41, 5.74) is -0.414. The smallest absolute Gasteiger partial charge is 0.410 e. The van der Waals surface area contributed by atoms with Crippen molar-refractivity contribution in [3.63, 3.8) is 0 Å². The Labute approximate surface area is 122 Å². The van der Waals surface area contributed by atoms with Gasteiger partial charge in [-0.25, -0.2) is 4.79 Å². The lowest BCUT2D eigenvalue weighted by Crippen LogP contribution is -2.50. The zero-order valence-electron chi connectivity index (χ0n) is 13.6. The first-order chi connectivity index (χ1) is 9.26. The molecule has 2 aliphatic rings. The molecule has 0 N–H and O–H groups in total. The Kier molecular flexibility index (Phi) is 4.59. The van der Waals surface area contributed by atoms with E-state index in [0.717, 1.165) is 39.1 Å². The van der Waals surface area contributed by atoms with Crippen molar-refractivity contribution >= 4 is 6.09 Å². The van der Waals surface area contributed by atoms with E-state index in [9.17, 15) is 4.79 Å². The van der Waals surface area contributed by atoms with Crippen LogP contribution in [0.3, 0.4) is 0 Å². The average Bonchev–Trinajstić information content (AvgIpc) is 2.70. The van der Waals surface area contributed by atoms with Crippen LogP contribution in [-0.2, 0) is 4.74 Å². The van der Waals surface area contributed by atoms with E-state index in [1.807, 2.05) is 25.7 Å². The summed E-state index contributed by atoms with van der Waals surface area (Å²) in [6.07, 6.45) is 0.893. The molecule has 116 valence electrons. The van der Waals surface area contributed by atoms with Gasteiger partial charge in [0.15, 0.2) is 0 Å². The highest BCUT2D eigenvalue weighted by Crippen LogP contribution is 2.24. The molecular weight excluding hydrogens is 254 g/mol. The highest BCUT2D eigenvalue weighted by molar-refractivity contribution is 5.69. The van der Waals surface area contributed by atoms with Crippen molar-refractivity contribution < 1.29 is 9.53 Å². The Hall–Kier alpha value is -0.810. The lowest BCUT2D eigenvalue weighted by atomic mass is 10.1. The molecule has 2 fully saturated rings. The van der Waals surface area contributed by atoms with Crippen LogP contribution in [0.25, 0.3) is 0 Å². The largest absolute Gasteiger partial charge is 0.444 e.